The molecule has 2 aliphatic heterocycles. The van der Waals surface area contributed by atoms with Crippen LogP contribution in [-0.2, 0) is 9.59 Å². The van der Waals surface area contributed by atoms with E-state index < -0.39 is 0 Å². The third kappa shape index (κ3) is 2.63. The molecule has 7 heteroatoms. The minimum Gasteiger partial charge on any atom is -0.307 e. The lowest BCUT2D eigenvalue weighted by Crippen LogP contribution is -2.42. The number of H-pyrrole nitrogens is 1. The Balaban J connectivity index is 1.33. The van der Waals surface area contributed by atoms with Gasteiger partial charge in [0.2, 0.25) is 11.8 Å². The SMILES string of the molecule is Cc1ccc(N2C(=O)[C@@H]3[C@H]4C[C@H]([C@@H]5Sc6[nH]c(=O)sc6[C@@H](c6ccccc6)[C@H]45)[C@@H]3C2=O)cc1. The number of benzene rings is 2. The van der Waals surface area contributed by atoms with Crippen LogP contribution in [0.3, 0.4) is 0 Å². The molecule has 4 aliphatic rings. The number of imide groups is 1. The number of hydrogen-bond donors (Lipinski definition) is 1. The van der Waals surface area contributed by atoms with Gasteiger partial charge in [-0.2, -0.15) is 0 Å². The van der Waals surface area contributed by atoms with Crippen LogP contribution in [0.4, 0.5) is 5.69 Å². The van der Waals surface area contributed by atoms with Gasteiger partial charge in [0.05, 0.1) is 22.5 Å². The van der Waals surface area contributed by atoms with Gasteiger partial charge in [0.25, 0.3) is 0 Å². The molecule has 166 valence electrons. The first kappa shape index (κ1) is 19.8. The monoisotopic (exact) mass is 474 g/mol. The van der Waals surface area contributed by atoms with E-state index in [1.54, 1.807) is 11.8 Å². The van der Waals surface area contributed by atoms with Crippen LogP contribution in [0.15, 0.2) is 64.4 Å². The van der Waals surface area contributed by atoms with Crippen LogP contribution in [0.5, 0.6) is 0 Å². The number of thiazole rings is 1. The van der Waals surface area contributed by atoms with Crippen LogP contribution in [0.25, 0.3) is 0 Å². The standard InChI is InChI=1S/C26H22N2O3S2/c1-12-7-9-14(10-8-12)28-24(29)19-15-11-16(20(19)25(28)30)21-18(15)17(13-5-3-2-4-6-13)22-23(32-21)27-26(31)33-22/h2-10,15-21H,11H2,1H3,(H,27,31)/t15-,16-,17-,18-,19+,20-,21-/m0/s1. The third-order valence-electron chi connectivity index (χ3n) is 8.17. The number of rotatable bonds is 2. The molecule has 1 saturated heterocycles. The van der Waals surface area contributed by atoms with Crippen molar-refractivity contribution < 1.29 is 9.59 Å². The largest absolute Gasteiger partial charge is 0.307 e. The van der Waals surface area contributed by atoms with Gasteiger partial charge >= 0.3 is 4.87 Å². The zero-order chi connectivity index (χ0) is 22.4. The van der Waals surface area contributed by atoms with E-state index in [1.807, 2.05) is 49.4 Å². The molecule has 2 aliphatic carbocycles. The molecule has 1 aromatic heterocycles. The van der Waals surface area contributed by atoms with Crippen molar-refractivity contribution >= 4 is 40.6 Å². The van der Waals surface area contributed by atoms with Crippen LogP contribution < -0.4 is 9.77 Å². The fraction of sp³-hybridized carbons (Fsp3) is 0.346. The number of aromatic amines is 1. The van der Waals surface area contributed by atoms with Crippen LogP contribution in [0, 0.1) is 36.5 Å². The van der Waals surface area contributed by atoms with Gasteiger partial charge in [0, 0.05) is 16.0 Å². The Morgan fingerprint density at radius 1 is 0.909 bits per heavy atom. The predicted octanol–water partition coefficient (Wildman–Crippen LogP) is 4.42. The van der Waals surface area contributed by atoms with Gasteiger partial charge < -0.3 is 4.98 Å². The van der Waals surface area contributed by atoms with Crippen molar-refractivity contribution in [1.29, 1.82) is 0 Å². The number of nitrogens with one attached hydrogen (secondary N) is 1. The summed E-state index contributed by atoms with van der Waals surface area (Å²) in [6.07, 6.45) is 0.916. The maximum atomic E-state index is 13.7. The second-order valence-electron chi connectivity index (χ2n) is 9.72. The van der Waals surface area contributed by atoms with E-state index in [4.69, 9.17) is 0 Å². The predicted molar refractivity (Wildman–Crippen MR) is 129 cm³/mol. The zero-order valence-electron chi connectivity index (χ0n) is 17.9. The quantitative estimate of drug-likeness (QED) is 0.558. The summed E-state index contributed by atoms with van der Waals surface area (Å²) < 4.78 is 0. The first-order valence-electron chi connectivity index (χ1n) is 11.4. The van der Waals surface area contributed by atoms with Crippen molar-refractivity contribution in [2.75, 3.05) is 4.90 Å². The summed E-state index contributed by atoms with van der Waals surface area (Å²) >= 11 is 3.03. The second-order valence-corrected chi connectivity index (χ2v) is 11.9. The number of carbonyl (C=O) groups is 2. The maximum Gasteiger partial charge on any atom is 0.305 e. The number of fused-ring (bicyclic) bond motifs is 9. The Bertz CT molecular complexity index is 1350. The topological polar surface area (TPSA) is 70.2 Å². The summed E-state index contributed by atoms with van der Waals surface area (Å²) in [4.78, 5) is 45.1. The fourth-order valence-corrected chi connectivity index (χ4v) is 9.89. The van der Waals surface area contributed by atoms with Crippen molar-refractivity contribution in [2.45, 2.75) is 29.5 Å². The smallest absolute Gasteiger partial charge is 0.305 e. The van der Waals surface area contributed by atoms with Crippen LogP contribution >= 0.6 is 23.1 Å². The van der Waals surface area contributed by atoms with E-state index in [2.05, 4.69) is 17.1 Å². The van der Waals surface area contributed by atoms with Crippen LogP contribution in [0.1, 0.15) is 28.3 Å². The molecule has 0 unspecified atom stereocenters. The highest BCUT2D eigenvalue weighted by molar-refractivity contribution is 8.00. The van der Waals surface area contributed by atoms with Gasteiger partial charge in [-0.1, -0.05) is 59.4 Å². The van der Waals surface area contributed by atoms with Crippen molar-refractivity contribution in [3.63, 3.8) is 0 Å². The first-order chi connectivity index (χ1) is 16.0. The number of amides is 2. The number of aromatic nitrogens is 1. The normalized spacial score (nSPS) is 33.8. The fourth-order valence-electron chi connectivity index (χ4n) is 7.00. The van der Waals surface area contributed by atoms with Gasteiger partial charge in [-0.3, -0.25) is 19.3 Å². The molecular formula is C26H22N2O3S2. The average molecular weight is 475 g/mol. The lowest BCUT2D eigenvalue weighted by Gasteiger charge is -2.43. The highest BCUT2D eigenvalue weighted by Gasteiger charge is 2.69. The molecule has 3 fully saturated rings. The van der Waals surface area contributed by atoms with Gasteiger partial charge in [-0.05, 0) is 48.8 Å². The van der Waals surface area contributed by atoms with Crippen molar-refractivity contribution in [2.24, 2.45) is 29.6 Å². The van der Waals surface area contributed by atoms with Crippen molar-refractivity contribution in [3.8, 4) is 0 Å². The van der Waals surface area contributed by atoms with E-state index in [1.165, 1.54) is 21.8 Å². The Kier molecular flexibility index (Phi) is 4.16. The van der Waals surface area contributed by atoms with Crippen LogP contribution in [0.2, 0.25) is 0 Å². The van der Waals surface area contributed by atoms with E-state index in [-0.39, 0.29) is 57.4 Å². The molecule has 2 saturated carbocycles. The summed E-state index contributed by atoms with van der Waals surface area (Å²) in [5, 5.41) is 1.19. The van der Waals surface area contributed by atoms with Crippen molar-refractivity contribution in [1.82, 2.24) is 4.98 Å². The molecule has 7 rings (SSSR count). The van der Waals surface area contributed by atoms with Crippen LogP contribution in [-0.4, -0.2) is 22.0 Å². The van der Waals surface area contributed by atoms with E-state index in [0.717, 1.165) is 21.9 Å². The van der Waals surface area contributed by atoms with Crippen molar-refractivity contribution in [3.05, 3.63) is 80.3 Å². The molecule has 2 bridgehead atoms. The minimum absolute atomic E-state index is 0.0290. The molecule has 3 aromatic rings. The highest BCUT2D eigenvalue weighted by atomic mass is 32.2. The average Bonchev–Trinajstić information content (AvgIpc) is 3.54. The lowest BCUT2D eigenvalue weighted by molar-refractivity contribution is -0.123. The minimum atomic E-state index is -0.255. The first-order valence-corrected chi connectivity index (χ1v) is 13.1. The Labute approximate surface area is 199 Å². The second kappa shape index (κ2) is 6.93. The summed E-state index contributed by atoms with van der Waals surface area (Å²) in [5.74, 6) is 0.0616. The Morgan fingerprint density at radius 2 is 1.61 bits per heavy atom. The summed E-state index contributed by atoms with van der Waals surface area (Å²) in [6.45, 7) is 2.00. The molecule has 2 aromatic carbocycles. The molecule has 33 heavy (non-hydrogen) atoms. The van der Waals surface area contributed by atoms with Gasteiger partial charge in [-0.25, -0.2) is 0 Å². The molecule has 5 nitrogen and oxygen atoms in total. The Morgan fingerprint density at radius 3 is 2.33 bits per heavy atom. The third-order valence-corrected chi connectivity index (χ3v) is 10.8. The van der Waals surface area contributed by atoms with Gasteiger partial charge in [0.1, 0.15) is 0 Å². The molecule has 7 atom stereocenters. The molecule has 1 N–H and O–H groups in total. The summed E-state index contributed by atoms with van der Waals surface area (Å²) in [7, 11) is 0. The number of carbonyl (C=O) groups excluding carboxylic acids is 2. The van der Waals surface area contributed by atoms with E-state index in [0.29, 0.717) is 5.69 Å². The number of thioether (sulfide) groups is 1. The highest BCUT2D eigenvalue weighted by Crippen LogP contribution is 2.68. The van der Waals surface area contributed by atoms with Gasteiger partial charge in [0.15, 0.2) is 0 Å². The molecule has 3 heterocycles. The number of anilines is 1. The maximum absolute atomic E-state index is 13.7. The molecule has 0 spiro atoms. The summed E-state index contributed by atoms with van der Waals surface area (Å²) in [6, 6.07) is 18.0. The zero-order valence-corrected chi connectivity index (χ0v) is 19.6. The van der Waals surface area contributed by atoms with E-state index >= 15 is 0 Å². The number of hydrogen-bond acceptors (Lipinski definition) is 5. The Hall–Kier alpha value is -2.64. The molecular weight excluding hydrogens is 452 g/mol. The number of aryl methyl sites for hydroxylation is 1. The summed E-state index contributed by atoms with van der Waals surface area (Å²) in [5.41, 5.74) is 2.98. The number of nitrogens with zero attached hydrogens (tertiary/aromatic N) is 1. The van der Waals surface area contributed by atoms with Gasteiger partial charge in [-0.15, -0.1) is 11.8 Å². The van der Waals surface area contributed by atoms with E-state index in [9.17, 15) is 14.4 Å². The molecule has 2 amide bonds. The molecule has 0 radical (unpaired) electrons. The lowest BCUT2D eigenvalue weighted by atomic mass is 9.68.